The summed E-state index contributed by atoms with van der Waals surface area (Å²) >= 11 is 6.01. The number of halogens is 3. The molecule has 0 aromatic heterocycles. The second-order valence-electron chi connectivity index (χ2n) is 4.50. The van der Waals surface area contributed by atoms with E-state index in [1.165, 1.54) is 12.1 Å². The highest BCUT2D eigenvalue weighted by atomic mass is 35.5. The molecular weight excluding hydrogens is 320 g/mol. The summed E-state index contributed by atoms with van der Waals surface area (Å²) in [5.41, 5.74) is 0.554. The van der Waals surface area contributed by atoms with Crippen LogP contribution in [0.3, 0.4) is 0 Å². The van der Waals surface area contributed by atoms with E-state index in [2.05, 4.69) is 5.32 Å². The van der Waals surface area contributed by atoms with E-state index in [9.17, 15) is 17.2 Å². The van der Waals surface area contributed by atoms with Crippen LogP contribution in [0.25, 0.3) is 0 Å². The number of rotatable bonds is 4. The molecule has 2 aromatic carbocycles. The van der Waals surface area contributed by atoms with Gasteiger partial charge in [-0.15, -0.1) is 0 Å². The Kier molecular flexibility index (Phi) is 4.49. The lowest BCUT2D eigenvalue weighted by Gasteiger charge is -2.12. The predicted octanol–water partition coefficient (Wildman–Crippen LogP) is 3.63. The molecule has 3 nitrogen and oxygen atoms in total. The average molecular weight is 332 g/mol. The van der Waals surface area contributed by atoms with Crippen LogP contribution in [0.15, 0.2) is 41.3 Å². The van der Waals surface area contributed by atoms with Crippen molar-refractivity contribution in [2.24, 2.45) is 0 Å². The van der Waals surface area contributed by atoms with Crippen molar-refractivity contribution in [3.05, 3.63) is 58.6 Å². The van der Waals surface area contributed by atoms with Crippen molar-refractivity contribution in [1.29, 1.82) is 0 Å². The fourth-order valence-corrected chi connectivity index (χ4v) is 3.16. The third-order valence-electron chi connectivity index (χ3n) is 2.81. The molecule has 0 aliphatic rings. The highest BCUT2D eigenvalue weighted by Gasteiger charge is 2.15. The minimum atomic E-state index is -3.45. The van der Waals surface area contributed by atoms with E-state index >= 15 is 0 Å². The zero-order chi connectivity index (χ0) is 15.6. The SMILES string of the molecule is CS(=O)(=O)c1cccc(Cl)c1CNc1cc(F)cc(F)c1. The number of benzene rings is 2. The Bertz CT molecular complexity index is 758. The van der Waals surface area contributed by atoms with Gasteiger partial charge >= 0.3 is 0 Å². The molecule has 0 radical (unpaired) electrons. The van der Waals surface area contributed by atoms with E-state index in [1.807, 2.05) is 0 Å². The molecule has 2 aromatic rings. The molecule has 0 amide bonds. The first-order valence-corrected chi connectivity index (χ1v) is 8.22. The molecule has 0 unspecified atom stereocenters. The Morgan fingerprint density at radius 2 is 1.76 bits per heavy atom. The third-order valence-corrected chi connectivity index (χ3v) is 4.34. The Morgan fingerprint density at radius 1 is 1.14 bits per heavy atom. The van der Waals surface area contributed by atoms with Gasteiger partial charge in [0.1, 0.15) is 11.6 Å². The van der Waals surface area contributed by atoms with Crippen molar-refractivity contribution in [2.45, 2.75) is 11.4 Å². The van der Waals surface area contributed by atoms with Gasteiger partial charge in [0.2, 0.25) is 0 Å². The van der Waals surface area contributed by atoms with Gasteiger partial charge in [0.15, 0.2) is 9.84 Å². The summed E-state index contributed by atoms with van der Waals surface area (Å²) in [7, 11) is -3.45. The summed E-state index contributed by atoms with van der Waals surface area (Å²) < 4.78 is 49.6. The topological polar surface area (TPSA) is 46.2 Å². The van der Waals surface area contributed by atoms with Crippen LogP contribution >= 0.6 is 11.6 Å². The van der Waals surface area contributed by atoms with Crippen LogP contribution in [0.2, 0.25) is 5.02 Å². The maximum Gasteiger partial charge on any atom is 0.175 e. The smallest absolute Gasteiger partial charge is 0.175 e. The molecule has 0 saturated carbocycles. The lowest BCUT2D eigenvalue weighted by molar-refractivity contribution is 0.584. The molecule has 0 spiro atoms. The van der Waals surface area contributed by atoms with E-state index in [4.69, 9.17) is 11.6 Å². The number of anilines is 1. The summed E-state index contributed by atoms with van der Waals surface area (Å²) in [6, 6.07) is 7.50. The number of hydrogen-bond acceptors (Lipinski definition) is 3. The van der Waals surface area contributed by atoms with Gasteiger partial charge in [-0.25, -0.2) is 17.2 Å². The minimum absolute atomic E-state index is 0.0327. The summed E-state index contributed by atoms with van der Waals surface area (Å²) in [4.78, 5) is 0.0828. The third kappa shape index (κ3) is 3.92. The van der Waals surface area contributed by atoms with Crippen LogP contribution in [-0.4, -0.2) is 14.7 Å². The van der Waals surface area contributed by atoms with Gasteiger partial charge in [-0.1, -0.05) is 17.7 Å². The number of nitrogens with one attached hydrogen (secondary N) is 1. The molecule has 0 fully saturated rings. The maximum atomic E-state index is 13.1. The molecule has 2 rings (SSSR count). The Labute approximate surface area is 126 Å². The predicted molar refractivity (Wildman–Crippen MR) is 78.2 cm³/mol. The van der Waals surface area contributed by atoms with Gasteiger partial charge in [0.05, 0.1) is 4.90 Å². The zero-order valence-corrected chi connectivity index (χ0v) is 12.6. The molecule has 0 bridgehead atoms. The first-order valence-electron chi connectivity index (χ1n) is 5.95. The number of hydrogen-bond donors (Lipinski definition) is 1. The van der Waals surface area contributed by atoms with Crippen LogP contribution in [0.5, 0.6) is 0 Å². The second-order valence-corrected chi connectivity index (χ2v) is 6.89. The molecule has 7 heteroatoms. The monoisotopic (exact) mass is 331 g/mol. The Balaban J connectivity index is 2.32. The maximum absolute atomic E-state index is 13.1. The van der Waals surface area contributed by atoms with Crippen LogP contribution < -0.4 is 5.32 Å². The lowest BCUT2D eigenvalue weighted by atomic mass is 10.2. The van der Waals surface area contributed by atoms with Crippen molar-refractivity contribution in [3.63, 3.8) is 0 Å². The minimum Gasteiger partial charge on any atom is -0.381 e. The van der Waals surface area contributed by atoms with E-state index in [-0.39, 0.29) is 22.2 Å². The van der Waals surface area contributed by atoms with Gasteiger partial charge in [0.25, 0.3) is 0 Å². The van der Waals surface area contributed by atoms with E-state index in [0.717, 1.165) is 24.5 Å². The van der Waals surface area contributed by atoms with E-state index in [0.29, 0.717) is 5.56 Å². The van der Waals surface area contributed by atoms with Crippen LogP contribution in [0.4, 0.5) is 14.5 Å². The van der Waals surface area contributed by atoms with E-state index in [1.54, 1.807) is 6.07 Å². The van der Waals surface area contributed by atoms with Crippen molar-refractivity contribution in [3.8, 4) is 0 Å². The van der Waals surface area contributed by atoms with Crippen molar-refractivity contribution in [2.75, 3.05) is 11.6 Å². The fourth-order valence-electron chi connectivity index (χ4n) is 1.90. The standard InChI is InChI=1S/C14H12ClF2NO2S/c1-21(19,20)14-4-2-3-13(15)12(14)8-18-11-6-9(16)5-10(17)7-11/h2-7,18H,8H2,1H3. The van der Waals surface area contributed by atoms with Gasteiger partial charge in [-0.3, -0.25) is 0 Å². The quantitative estimate of drug-likeness (QED) is 0.930. The van der Waals surface area contributed by atoms with Crippen molar-refractivity contribution >= 4 is 27.1 Å². The van der Waals surface area contributed by atoms with Crippen molar-refractivity contribution < 1.29 is 17.2 Å². The normalized spacial score (nSPS) is 11.4. The van der Waals surface area contributed by atoms with Crippen LogP contribution in [-0.2, 0) is 16.4 Å². The average Bonchev–Trinajstić information content (AvgIpc) is 2.34. The summed E-state index contributed by atoms with van der Waals surface area (Å²) in [6.07, 6.45) is 1.07. The highest BCUT2D eigenvalue weighted by Crippen LogP contribution is 2.25. The molecule has 0 saturated heterocycles. The van der Waals surface area contributed by atoms with E-state index < -0.39 is 21.5 Å². The fraction of sp³-hybridized carbons (Fsp3) is 0.143. The number of sulfone groups is 1. The molecule has 112 valence electrons. The first kappa shape index (κ1) is 15.7. The Morgan fingerprint density at radius 3 is 2.33 bits per heavy atom. The van der Waals surface area contributed by atoms with Gasteiger partial charge in [-0.05, 0) is 24.3 Å². The second kappa shape index (κ2) is 5.99. The first-order chi connectivity index (χ1) is 9.77. The van der Waals surface area contributed by atoms with Crippen LogP contribution in [0, 0.1) is 11.6 Å². The van der Waals surface area contributed by atoms with Gasteiger partial charge in [0, 0.05) is 35.1 Å². The lowest BCUT2D eigenvalue weighted by Crippen LogP contribution is -2.08. The van der Waals surface area contributed by atoms with Gasteiger partial charge in [-0.2, -0.15) is 0 Å². The molecular formula is C14H12ClF2NO2S. The summed E-state index contributed by atoms with van der Waals surface area (Å²) in [5, 5.41) is 3.03. The molecule has 0 aliphatic heterocycles. The molecule has 1 N–H and O–H groups in total. The summed E-state index contributed by atoms with van der Waals surface area (Å²) in [5.74, 6) is -1.44. The molecule has 21 heavy (non-hydrogen) atoms. The summed E-state index contributed by atoms with van der Waals surface area (Å²) in [6.45, 7) is 0.0327. The zero-order valence-electron chi connectivity index (χ0n) is 11.0. The molecule has 0 aliphatic carbocycles. The molecule has 0 heterocycles. The molecule has 0 atom stereocenters. The van der Waals surface area contributed by atoms with Crippen molar-refractivity contribution in [1.82, 2.24) is 0 Å². The Hall–Kier alpha value is -1.66. The van der Waals surface area contributed by atoms with Crippen LogP contribution in [0.1, 0.15) is 5.56 Å². The highest BCUT2D eigenvalue weighted by molar-refractivity contribution is 7.90. The van der Waals surface area contributed by atoms with Gasteiger partial charge < -0.3 is 5.32 Å². The largest absolute Gasteiger partial charge is 0.381 e.